The molecule has 0 saturated heterocycles. The van der Waals surface area contributed by atoms with Crippen molar-refractivity contribution in [3.63, 3.8) is 0 Å². The molecule has 1 N–H and O–H groups in total. The Bertz CT molecular complexity index is 1060. The summed E-state index contributed by atoms with van der Waals surface area (Å²) in [6.45, 7) is 4.60. The molecule has 1 amide bonds. The maximum absolute atomic E-state index is 12.8. The normalized spacial score (nSPS) is 11.3. The summed E-state index contributed by atoms with van der Waals surface area (Å²) in [4.78, 5) is 30.9. The maximum atomic E-state index is 12.8. The molecular formula is C19H23N5O2S2. The first-order valence-electron chi connectivity index (χ1n) is 8.88. The van der Waals surface area contributed by atoms with E-state index < -0.39 is 0 Å². The van der Waals surface area contributed by atoms with E-state index in [4.69, 9.17) is 0 Å². The second-order valence-corrected chi connectivity index (χ2v) is 8.63. The third-order valence-corrected chi connectivity index (χ3v) is 5.64. The van der Waals surface area contributed by atoms with Gasteiger partial charge in [-0.2, -0.15) is 5.10 Å². The standard InChI is InChI=1S/C19H23N5O2S2/c1-12(2)9-24-18(26)17-15(10-23(3)22-17)21-19(24)28-11-16(25)20-13-6-5-7-14(8-13)27-4/h5-8,10,12H,9,11H2,1-4H3,(H,20,25). The molecule has 2 aromatic heterocycles. The van der Waals surface area contributed by atoms with E-state index in [0.717, 1.165) is 10.6 Å². The molecule has 0 aliphatic heterocycles. The fourth-order valence-electron chi connectivity index (χ4n) is 2.75. The SMILES string of the molecule is CSc1cccc(NC(=O)CSc2nc3cn(C)nc3c(=O)n2CC(C)C)c1. The summed E-state index contributed by atoms with van der Waals surface area (Å²) in [5, 5.41) is 7.65. The molecule has 148 valence electrons. The fraction of sp³-hybridized carbons (Fsp3) is 0.368. The second-order valence-electron chi connectivity index (χ2n) is 6.81. The molecule has 0 fully saturated rings. The Labute approximate surface area is 171 Å². The van der Waals surface area contributed by atoms with Crippen LogP contribution in [0.1, 0.15) is 13.8 Å². The van der Waals surface area contributed by atoms with E-state index in [9.17, 15) is 9.59 Å². The van der Waals surface area contributed by atoms with Gasteiger partial charge in [0.1, 0.15) is 5.52 Å². The lowest BCUT2D eigenvalue weighted by atomic mass is 10.2. The number of aryl methyl sites for hydroxylation is 1. The number of anilines is 1. The van der Waals surface area contributed by atoms with Crippen LogP contribution in [0.15, 0.2) is 45.3 Å². The van der Waals surface area contributed by atoms with E-state index in [0.29, 0.717) is 22.7 Å². The number of hydrogen-bond donors (Lipinski definition) is 1. The van der Waals surface area contributed by atoms with Crippen molar-refractivity contribution in [2.24, 2.45) is 13.0 Å². The Morgan fingerprint density at radius 3 is 2.82 bits per heavy atom. The highest BCUT2D eigenvalue weighted by atomic mass is 32.2. The van der Waals surface area contributed by atoms with Crippen molar-refractivity contribution in [2.75, 3.05) is 17.3 Å². The van der Waals surface area contributed by atoms with Crippen molar-refractivity contribution < 1.29 is 4.79 Å². The topological polar surface area (TPSA) is 81.8 Å². The minimum Gasteiger partial charge on any atom is -0.325 e. The average molecular weight is 418 g/mol. The number of nitrogens with zero attached hydrogens (tertiary/aromatic N) is 4. The Balaban J connectivity index is 1.80. The number of thioether (sulfide) groups is 2. The highest BCUT2D eigenvalue weighted by molar-refractivity contribution is 7.99. The van der Waals surface area contributed by atoms with Crippen LogP contribution in [0.3, 0.4) is 0 Å². The van der Waals surface area contributed by atoms with Crippen molar-refractivity contribution in [1.82, 2.24) is 19.3 Å². The van der Waals surface area contributed by atoms with Crippen molar-refractivity contribution >= 4 is 46.2 Å². The molecule has 3 aromatic rings. The van der Waals surface area contributed by atoms with Gasteiger partial charge in [-0.3, -0.25) is 18.8 Å². The molecule has 0 atom stereocenters. The van der Waals surface area contributed by atoms with Gasteiger partial charge in [0.05, 0.1) is 11.9 Å². The number of rotatable bonds is 7. The van der Waals surface area contributed by atoms with Crippen molar-refractivity contribution in [1.29, 1.82) is 0 Å². The number of benzene rings is 1. The maximum Gasteiger partial charge on any atom is 0.282 e. The number of fused-ring (bicyclic) bond motifs is 1. The molecule has 28 heavy (non-hydrogen) atoms. The van der Waals surface area contributed by atoms with Gasteiger partial charge in [0.25, 0.3) is 5.56 Å². The second kappa shape index (κ2) is 8.83. The van der Waals surface area contributed by atoms with Gasteiger partial charge < -0.3 is 5.32 Å². The van der Waals surface area contributed by atoms with E-state index in [-0.39, 0.29) is 23.1 Å². The number of carbonyl (C=O) groups excluding carboxylic acids is 1. The predicted molar refractivity (Wildman–Crippen MR) is 115 cm³/mol. The van der Waals surface area contributed by atoms with Gasteiger partial charge in [0.15, 0.2) is 10.7 Å². The fourth-order valence-corrected chi connectivity index (χ4v) is 4.02. The van der Waals surface area contributed by atoms with Crippen LogP contribution < -0.4 is 10.9 Å². The third-order valence-electron chi connectivity index (χ3n) is 3.94. The molecule has 0 spiro atoms. The molecule has 7 nitrogen and oxygen atoms in total. The van der Waals surface area contributed by atoms with Crippen LogP contribution >= 0.6 is 23.5 Å². The van der Waals surface area contributed by atoms with Crippen LogP contribution in [0.25, 0.3) is 11.0 Å². The van der Waals surface area contributed by atoms with Crippen molar-refractivity contribution in [3.8, 4) is 0 Å². The summed E-state index contributed by atoms with van der Waals surface area (Å²) in [6.07, 6.45) is 3.71. The monoisotopic (exact) mass is 417 g/mol. The summed E-state index contributed by atoms with van der Waals surface area (Å²) in [5.41, 5.74) is 1.48. The average Bonchev–Trinajstić information content (AvgIpc) is 3.03. The first-order valence-corrected chi connectivity index (χ1v) is 11.1. The molecule has 0 aliphatic carbocycles. The Morgan fingerprint density at radius 2 is 2.11 bits per heavy atom. The molecule has 0 saturated carbocycles. The van der Waals surface area contributed by atoms with Gasteiger partial charge in [0.2, 0.25) is 5.91 Å². The van der Waals surface area contributed by atoms with E-state index in [2.05, 4.69) is 15.4 Å². The summed E-state index contributed by atoms with van der Waals surface area (Å²) >= 11 is 2.88. The zero-order chi connectivity index (χ0) is 20.3. The Kier molecular flexibility index (Phi) is 6.46. The number of amides is 1. The summed E-state index contributed by atoms with van der Waals surface area (Å²) in [5.74, 6) is 0.294. The van der Waals surface area contributed by atoms with Crippen LogP contribution in [0, 0.1) is 5.92 Å². The van der Waals surface area contributed by atoms with Crippen LogP contribution in [0.2, 0.25) is 0 Å². The molecule has 2 heterocycles. The lowest BCUT2D eigenvalue weighted by Gasteiger charge is -2.13. The molecule has 0 unspecified atom stereocenters. The smallest absolute Gasteiger partial charge is 0.282 e. The number of aromatic nitrogens is 4. The lowest BCUT2D eigenvalue weighted by molar-refractivity contribution is -0.113. The minimum atomic E-state index is -0.171. The van der Waals surface area contributed by atoms with E-state index >= 15 is 0 Å². The third kappa shape index (κ3) is 4.77. The molecular weight excluding hydrogens is 394 g/mol. The van der Waals surface area contributed by atoms with Crippen molar-refractivity contribution in [3.05, 3.63) is 40.8 Å². The summed E-state index contributed by atoms with van der Waals surface area (Å²) < 4.78 is 3.20. The summed E-state index contributed by atoms with van der Waals surface area (Å²) in [7, 11) is 1.76. The number of nitrogens with one attached hydrogen (secondary N) is 1. The molecule has 0 radical (unpaired) electrons. The lowest BCUT2D eigenvalue weighted by Crippen LogP contribution is -2.26. The van der Waals surface area contributed by atoms with Crippen LogP contribution in [0.4, 0.5) is 5.69 Å². The zero-order valence-electron chi connectivity index (χ0n) is 16.3. The van der Waals surface area contributed by atoms with Crippen molar-refractivity contribution in [2.45, 2.75) is 30.4 Å². The van der Waals surface area contributed by atoms with Gasteiger partial charge in [-0.05, 0) is 30.4 Å². The van der Waals surface area contributed by atoms with Gasteiger partial charge in [-0.25, -0.2) is 4.98 Å². The molecule has 1 aromatic carbocycles. The van der Waals surface area contributed by atoms with Gasteiger partial charge in [-0.15, -0.1) is 11.8 Å². The van der Waals surface area contributed by atoms with Gasteiger partial charge >= 0.3 is 0 Å². The highest BCUT2D eigenvalue weighted by Gasteiger charge is 2.16. The van der Waals surface area contributed by atoms with Crippen LogP contribution in [-0.2, 0) is 18.4 Å². The van der Waals surface area contributed by atoms with E-state index in [1.165, 1.54) is 11.8 Å². The quantitative estimate of drug-likeness (QED) is 0.469. The van der Waals surface area contributed by atoms with E-state index in [1.54, 1.807) is 34.3 Å². The predicted octanol–water partition coefficient (Wildman–Crippen LogP) is 3.24. The highest BCUT2D eigenvalue weighted by Crippen LogP contribution is 2.21. The Hall–Kier alpha value is -2.26. The molecule has 3 rings (SSSR count). The van der Waals surface area contributed by atoms with Crippen LogP contribution in [-0.4, -0.2) is 37.2 Å². The van der Waals surface area contributed by atoms with E-state index in [1.807, 2.05) is 44.4 Å². The number of carbonyl (C=O) groups is 1. The first-order chi connectivity index (χ1) is 13.4. The number of hydrogen-bond acceptors (Lipinski definition) is 6. The van der Waals surface area contributed by atoms with Gasteiger partial charge in [-0.1, -0.05) is 31.7 Å². The first kappa shape index (κ1) is 20.5. The minimum absolute atomic E-state index is 0.139. The summed E-state index contributed by atoms with van der Waals surface area (Å²) in [6, 6.07) is 7.69. The largest absolute Gasteiger partial charge is 0.325 e. The molecule has 9 heteroatoms. The Morgan fingerprint density at radius 1 is 1.32 bits per heavy atom. The molecule has 0 bridgehead atoms. The zero-order valence-corrected chi connectivity index (χ0v) is 17.9. The molecule has 0 aliphatic rings. The van der Waals surface area contributed by atoms with Crippen LogP contribution in [0.5, 0.6) is 0 Å². The van der Waals surface area contributed by atoms with Gasteiger partial charge in [0, 0.05) is 24.2 Å².